The predicted octanol–water partition coefficient (Wildman–Crippen LogP) is 6.33. The molecule has 16 nitrogen and oxygen atoms in total. The number of carbonyl (C=O) groups excluding carboxylic acids is 1. The first kappa shape index (κ1) is 65.7. The summed E-state index contributed by atoms with van der Waals surface area (Å²) in [5, 5.41) is 20.9. The molecule has 6 saturated heterocycles. The van der Waals surface area contributed by atoms with Crippen LogP contribution in [0.1, 0.15) is 104 Å². The lowest BCUT2D eigenvalue weighted by Crippen LogP contribution is -2.50. The Balaban J connectivity index is 0.000000208. The molecule has 6 heterocycles. The Bertz CT molecular complexity index is 2260. The van der Waals surface area contributed by atoms with Gasteiger partial charge in [-0.2, -0.15) is 0 Å². The highest BCUT2D eigenvalue weighted by Crippen LogP contribution is 2.39. The van der Waals surface area contributed by atoms with Crippen molar-refractivity contribution in [1.82, 2.24) is 15.1 Å². The number of alkyl halides is 1. The zero-order valence-corrected chi connectivity index (χ0v) is 52.1. The van der Waals surface area contributed by atoms with Crippen molar-refractivity contribution >= 4 is 89.2 Å². The maximum atomic E-state index is 12.2. The van der Waals surface area contributed by atoms with Crippen LogP contribution in [0, 0.1) is 0 Å². The van der Waals surface area contributed by atoms with Crippen LogP contribution in [-0.4, -0.2) is 190 Å². The van der Waals surface area contributed by atoms with Crippen molar-refractivity contribution < 1.29 is 47.7 Å². The van der Waals surface area contributed by atoms with Crippen LogP contribution >= 0.6 is 28.3 Å². The first-order valence-corrected chi connectivity index (χ1v) is 28.9. The maximum absolute atomic E-state index is 12.2. The van der Waals surface area contributed by atoms with Gasteiger partial charge in [0.25, 0.3) is 0 Å². The Kier molecular flexibility index (Phi) is 23.0. The maximum Gasteiger partial charge on any atom is 0.494 e. The Morgan fingerprint density at radius 2 is 0.795 bits per heavy atom. The van der Waals surface area contributed by atoms with Crippen molar-refractivity contribution in [2.45, 2.75) is 143 Å². The van der Waals surface area contributed by atoms with Gasteiger partial charge < -0.3 is 67.8 Å². The van der Waals surface area contributed by atoms with Crippen LogP contribution in [-0.2, 0) is 32.7 Å². The molecule has 0 aromatic heterocycles. The molecule has 3 N–H and O–H groups in total. The highest BCUT2D eigenvalue weighted by atomic mass is 79.9. The standard InChI is InChI=1S/C21H33BN2O4.C18H29BN2O3.C16H25BN2O2.C2H5BrO.ClH/c1-19(2,3)26-18(25)24-14-12-23(13-15-24)17-10-8-16(9-11-17)22-27-20(4,5)21(6,7)28-22;1-17(2)18(3,4)24-19(23-17)15-5-7-16(8-6-15)21-11-9-20(10-12-21)13-14-22;1-15(2)16(3,4)21-17(20-15)13-5-7-14(8-6-13)19-11-9-18-10-12-19;3-1-2-4;/h8-11H,12-15H2,1-7H3;5-8,22H,9-14H2,1-4H3;5-8,18H,9-12H2,1-4H3;4H,1-2H2;1H. The number of anilines is 3. The number of halogens is 2. The molecule has 78 heavy (non-hydrogen) atoms. The number of β-amino-alcohol motifs (C(OH)–C–C–N with tert-alkyl or cyclic N) is 1. The molecule has 0 aliphatic carbocycles. The van der Waals surface area contributed by atoms with Gasteiger partial charge in [-0.25, -0.2) is 4.79 Å². The molecule has 3 aromatic carbocycles. The summed E-state index contributed by atoms with van der Waals surface area (Å²) < 4.78 is 42.1. The molecule has 0 bridgehead atoms. The van der Waals surface area contributed by atoms with Gasteiger partial charge in [0.15, 0.2) is 0 Å². The molecule has 6 aliphatic rings. The minimum atomic E-state index is -0.461. The fraction of sp³-hybridized carbons (Fsp3) is 0.667. The van der Waals surface area contributed by atoms with Gasteiger partial charge in [0, 0.05) is 107 Å². The monoisotopic (exact) mass is 1170 g/mol. The highest BCUT2D eigenvalue weighted by Gasteiger charge is 2.54. The number of hydrogen-bond donors (Lipinski definition) is 3. The third kappa shape index (κ3) is 17.0. The number of rotatable bonds is 9. The van der Waals surface area contributed by atoms with Crippen molar-refractivity contribution in [3.63, 3.8) is 0 Å². The molecule has 3 aromatic rings. The molecule has 21 heteroatoms. The van der Waals surface area contributed by atoms with Crippen molar-refractivity contribution in [1.29, 1.82) is 0 Å². The van der Waals surface area contributed by atoms with E-state index in [-0.39, 0.29) is 86.7 Å². The number of benzene rings is 3. The van der Waals surface area contributed by atoms with E-state index in [2.05, 4.69) is 197 Å². The van der Waals surface area contributed by atoms with Gasteiger partial charge in [0.1, 0.15) is 5.60 Å². The van der Waals surface area contributed by atoms with Gasteiger partial charge in [-0.05, 0) is 157 Å². The van der Waals surface area contributed by atoms with E-state index in [0.29, 0.717) is 18.4 Å². The van der Waals surface area contributed by atoms with E-state index < -0.39 is 5.60 Å². The quantitative estimate of drug-likeness (QED) is 0.162. The minimum absolute atomic E-state index is 0. The summed E-state index contributed by atoms with van der Waals surface area (Å²) in [6.07, 6.45) is -0.233. The van der Waals surface area contributed by atoms with Gasteiger partial charge >= 0.3 is 27.4 Å². The number of carbonyl (C=O) groups is 1. The van der Waals surface area contributed by atoms with Crippen molar-refractivity contribution in [3.8, 4) is 0 Å². The van der Waals surface area contributed by atoms with Crippen LogP contribution < -0.4 is 36.4 Å². The summed E-state index contributed by atoms with van der Waals surface area (Å²) in [4.78, 5) is 23.4. The number of nitrogens with zero attached hydrogens (tertiary/aromatic N) is 5. The van der Waals surface area contributed by atoms with Crippen molar-refractivity contribution in [3.05, 3.63) is 72.8 Å². The molecule has 9 rings (SSSR count). The van der Waals surface area contributed by atoms with Gasteiger partial charge in [0.05, 0.1) is 46.8 Å². The van der Waals surface area contributed by atoms with Crippen molar-refractivity contribution in [2.24, 2.45) is 0 Å². The first-order valence-electron chi connectivity index (χ1n) is 27.8. The van der Waals surface area contributed by atoms with E-state index >= 15 is 0 Å². The Labute approximate surface area is 483 Å². The molecule has 434 valence electrons. The zero-order valence-electron chi connectivity index (χ0n) is 49.7. The predicted molar refractivity (Wildman–Crippen MR) is 325 cm³/mol. The molecule has 0 spiro atoms. The second-order valence-electron chi connectivity index (χ2n) is 24.7. The highest BCUT2D eigenvalue weighted by molar-refractivity contribution is 9.09. The lowest BCUT2D eigenvalue weighted by Gasteiger charge is -2.36. The molecule has 6 fully saturated rings. The molecule has 0 saturated carbocycles. The summed E-state index contributed by atoms with van der Waals surface area (Å²) in [6, 6.07) is 25.5. The Morgan fingerprint density at radius 1 is 0.513 bits per heavy atom. The largest absolute Gasteiger partial charge is 0.494 e. The summed E-state index contributed by atoms with van der Waals surface area (Å²) in [5.74, 6) is 0. The Morgan fingerprint density at radius 3 is 1.06 bits per heavy atom. The van der Waals surface area contributed by atoms with Gasteiger partial charge in [0.2, 0.25) is 0 Å². The van der Waals surface area contributed by atoms with E-state index in [1.165, 1.54) is 11.4 Å². The topological polar surface area (TPSA) is 150 Å². The van der Waals surface area contributed by atoms with Crippen molar-refractivity contribution in [2.75, 3.05) is 118 Å². The summed E-state index contributed by atoms with van der Waals surface area (Å²) >= 11 is 3.00. The number of ether oxygens (including phenoxy) is 1. The van der Waals surface area contributed by atoms with Gasteiger partial charge in [-0.3, -0.25) is 4.90 Å². The van der Waals surface area contributed by atoms with E-state index in [1.807, 2.05) is 20.8 Å². The van der Waals surface area contributed by atoms with Crippen LogP contribution in [0.3, 0.4) is 0 Å². The van der Waals surface area contributed by atoms with Crippen LogP contribution in [0.4, 0.5) is 21.9 Å². The minimum Gasteiger partial charge on any atom is -0.444 e. The summed E-state index contributed by atoms with van der Waals surface area (Å²) in [6.45, 7) is 42.9. The van der Waals surface area contributed by atoms with E-state index in [4.69, 9.17) is 42.9 Å². The van der Waals surface area contributed by atoms with Crippen LogP contribution in [0.15, 0.2) is 72.8 Å². The number of hydrogen-bond acceptors (Lipinski definition) is 15. The van der Waals surface area contributed by atoms with Crippen LogP contribution in [0.25, 0.3) is 0 Å². The molecule has 0 atom stereocenters. The van der Waals surface area contributed by atoms with E-state index in [1.54, 1.807) is 4.90 Å². The number of aliphatic hydroxyl groups excluding tert-OH is 2. The number of amides is 1. The molecule has 0 unspecified atom stereocenters. The lowest BCUT2D eigenvalue weighted by atomic mass is 9.79. The second kappa shape index (κ2) is 27.3. The SMILES string of the molecule is CC(C)(C)OC(=O)N1CCN(c2ccc(B3OC(C)(C)C(C)(C)O3)cc2)CC1.CC1(C)OB(c2ccc(N3CCN(CCO)CC3)cc2)OC1(C)C.CC1(C)OB(c2ccc(N3CCNCC3)cc2)OC1(C)C.Cl.OCCBr. The molecule has 6 aliphatic heterocycles. The number of nitrogens with one attached hydrogen (secondary N) is 1. The second-order valence-corrected chi connectivity index (χ2v) is 25.5. The summed E-state index contributed by atoms with van der Waals surface area (Å²) in [5.41, 5.74) is 4.52. The number of piperazine rings is 3. The average Bonchev–Trinajstić information content (AvgIpc) is 4.00. The lowest BCUT2D eigenvalue weighted by molar-refractivity contribution is 0.00578. The van der Waals surface area contributed by atoms with Crippen LogP contribution in [0.5, 0.6) is 0 Å². The third-order valence-corrected chi connectivity index (χ3v) is 16.6. The van der Waals surface area contributed by atoms with Gasteiger partial charge in [-0.1, -0.05) is 52.3 Å². The first-order chi connectivity index (χ1) is 36.0. The summed E-state index contributed by atoms with van der Waals surface area (Å²) in [7, 11) is -0.916. The van der Waals surface area contributed by atoms with Crippen LogP contribution in [0.2, 0.25) is 0 Å². The third-order valence-electron chi connectivity index (χ3n) is 16.3. The normalized spacial score (nSPS) is 22.1. The fourth-order valence-electron chi connectivity index (χ4n) is 9.23. The van der Waals surface area contributed by atoms with E-state index in [0.717, 1.165) is 94.1 Å². The fourth-order valence-corrected chi connectivity index (χ4v) is 9.23. The molecular formula is C57H93B3BrClN6O10. The molecule has 0 radical (unpaired) electrons. The average molecular weight is 1170 g/mol. The molecular weight excluding hydrogens is 1080 g/mol. The van der Waals surface area contributed by atoms with E-state index in [9.17, 15) is 4.79 Å². The smallest absolute Gasteiger partial charge is 0.444 e. The zero-order chi connectivity index (χ0) is 56.6. The Hall–Kier alpha value is -3.11. The number of aliphatic hydroxyl groups is 2. The molecule has 1 amide bonds. The van der Waals surface area contributed by atoms with Gasteiger partial charge in [-0.15, -0.1) is 12.4 Å².